The van der Waals surface area contributed by atoms with Gasteiger partial charge in [0.25, 0.3) is 0 Å². The van der Waals surface area contributed by atoms with Crippen LogP contribution in [0.4, 0.5) is 11.4 Å². The molecular formula is C13H23N3O4Si. The SMILES string of the molecule is CC(C)(C)[Si](C)(C)OCCn1ccc(N)c([N+](=O)[O-])c1=O. The smallest absolute Gasteiger partial charge is 0.356 e. The van der Waals surface area contributed by atoms with Gasteiger partial charge in [0.2, 0.25) is 0 Å². The van der Waals surface area contributed by atoms with Gasteiger partial charge in [-0.1, -0.05) is 20.8 Å². The van der Waals surface area contributed by atoms with E-state index in [2.05, 4.69) is 33.9 Å². The third-order valence-electron chi connectivity index (χ3n) is 3.95. The number of pyridine rings is 1. The lowest BCUT2D eigenvalue weighted by molar-refractivity contribution is -0.385. The number of nitrogens with zero attached hydrogens (tertiary/aromatic N) is 2. The minimum atomic E-state index is -1.90. The van der Waals surface area contributed by atoms with Crippen molar-refractivity contribution in [1.82, 2.24) is 4.57 Å². The van der Waals surface area contributed by atoms with E-state index in [0.717, 1.165) is 0 Å². The summed E-state index contributed by atoms with van der Waals surface area (Å²) in [7, 11) is -1.90. The number of nitrogens with two attached hydrogens (primary N) is 1. The standard InChI is InChI=1S/C13H23N3O4Si/c1-13(2,3)21(4,5)20-9-8-15-7-6-10(14)11(12(15)17)16(18)19/h6-7H,8-9,14H2,1-5H3. The molecule has 0 saturated heterocycles. The Balaban J connectivity index is 2.85. The summed E-state index contributed by atoms with van der Waals surface area (Å²) in [5.41, 5.74) is 4.07. The molecule has 0 aromatic carbocycles. The van der Waals surface area contributed by atoms with Gasteiger partial charge in [0.1, 0.15) is 5.69 Å². The van der Waals surface area contributed by atoms with E-state index in [1.54, 1.807) is 0 Å². The molecular weight excluding hydrogens is 290 g/mol. The van der Waals surface area contributed by atoms with E-state index in [0.29, 0.717) is 6.61 Å². The Kier molecular flexibility index (Phi) is 4.95. The molecule has 1 rings (SSSR count). The minimum Gasteiger partial charge on any atom is -0.415 e. The van der Waals surface area contributed by atoms with Crippen LogP contribution < -0.4 is 11.3 Å². The van der Waals surface area contributed by atoms with Gasteiger partial charge in [0.15, 0.2) is 8.32 Å². The molecule has 0 bridgehead atoms. The first-order valence-electron chi connectivity index (χ1n) is 6.74. The summed E-state index contributed by atoms with van der Waals surface area (Å²) in [6.07, 6.45) is 1.46. The Hall–Kier alpha value is -1.67. The summed E-state index contributed by atoms with van der Waals surface area (Å²) < 4.78 is 7.23. The molecule has 0 amide bonds. The van der Waals surface area contributed by atoms with Crippen LogP contribution in [0.25, 0.3) is 0 Å². The highest BCUT2D eigenvalue weighted by molar-refractivity contribution is 6.74. The van der Waals surface area contributed by atoms with Crippen LogP contribution in [0.3, 0.4) is 0 Å². The molecule has 0 fully saturated rings. The number of hydrogen-bond donors (Lipinski definition) is 1. The van der Waals surface area contributed by atoms with Crippen molar-refractivity contribution >= 4 is 19.7 Å². The molecule has 0 aliphatic rings. The summed E-state index contributed by atoms with van der Waals surface area (Å²) in [5.74, 6) is 0. The van der Waals surface area contributed by atoms with Gasteiger partial charge in [-0.15, -0.1) is 0 Å². The molecule has 1 heterocycles. The fourth-order valence-corrected chi connectivity index (χ4v) is 2.59. The van der Waals surface area contributed by atoms with Crippen LogP contribution in [-0.2, 0) is 11.0 Å². The van der Waals surface area contributed by atoms with Gasteiger partial charge in [-0.25, -0.2) is 0 Å². The molecule has 0 atom stereocenters. The van der Waals surface area contributed by atoms with E-state index in [1.165, 1.54) is 16.8 Å². The van der Waals surface area contributed by atoms with E-state index >= 15 is 0 Å². The molecule has 7 nitrogen and oxygen atoms in total. The molecule has 118 valence electrons. The van der Waals surface area contributed by atoms with E-state index in [1.807, 2.05) is 0 Å². The zero-order valence-electron chi connectivity index (χ0n) is 13.2. The monoisotopic (exact) mass is 313 g/mol. The first kappa shape index (κ1) is 17.4. The lowest BCUT2D eigenvalue weighted by atomic mass is 10.2. The van der Waals surface area contributed by atoms with Crippen molar-refractivity contribution in [2.24, 2.45) is 0 Å². The summed E-state index contributed by atoms with van der Waals surface area (Å²) in [6.45, 7) is 11.2. The van der Waals surface area contributed by atoms with Gasteiger partial charge in [-0.05, 0) is 24.2 Å². The number of nitro groups is 1. The molecule has 0 radical (unpaired) electrons. The molecule has 21 heavy (non-hydrogen) atoms. The Labute approximate surface area is 125 Å². The van der Waals surface area contributed by atoms with Gasteiger partial charge >= 0.3 is 11.2 Å². The molecule has 0 spiro atoms. The molecule has 0 aliphatic heterocycles. The molecule has 8 heteroatoms. The molecule has 0 aliphatic carbocycles. The average Bonchev–Trinajstić information content (AvgIpc) is 2.30. The van der Waals surface area contributed by atoms with Crippen LogP contribution >= 0.6 is 0 Å². The average molecular weight is 313 g/mol. The fourth-order valence-electron chi connectivity index (χ4n) is 1.55. The van der Waals surface area contributed by atoms with E-state index < -0.39 is 24.5 Å². The van der Waals surface area contributed by atoms with Crippen LogP contribution in [-0.4, -0.2) is 24.4 Å². The normalized spacial score (nSPS) is 12.4. The van der Waals surface area contributed by atoms with Crippen molar-refractivity contribution in [2.45, 2.75) is 45.4 Å². The maximum absolute atomic E-state index is 12.0. The van der Waals surface area contributed by atoms with Crippen LogP contribution in [0.2, 0.25) is 18.1 Å². The van der Waals surface area contributed by atoms with Crippen LogP contribution in [0.15, 0.2) is 17.1 Å². The molecule has 1 aromatic heterocycles. The number of anilines is 1. The second-order valence-electron chi connectivity index (χ2n) is 6.48. The fraction of sp³-hybridized carbons (Fsp3) is 0.615. The van der Waals surface area contributed by atoms with Crippen LogP contribution in [0.1, 0.15) is 20.8 Å². The van der Waals surface area contributed by atoms with Gasteiger partial charge in [0, 0.05) is 12.7 Å². The molecule has 0 unspecified atom stereocenters. The highest BCUT2D eigenvalue weighted by Gasteiger charge is 2.36. The van der Waals surface area contributed by atoms with Crippen molar-refractivity contribution in [3.8, 4) is 0 Å². The number of rotatable bonds is 5. The number of nitrogen functional groups attached to an aromatic ring is 1. The highest BCUT2D eigenvalue weighted by atomic mass is 28.4. The third-order valence-corrected chi connectivity index (χ3v) is 8.49. The van der Waals surface area contributed by atoms with Crippen molar-refractivity contribution in [1.29, 1.82) is 0 Å². The van der Waals surface area contributed by atoms with Crippen molar-refractivity contribution in [3.63, 3.8) is 0 Å². The zero-order chi connectivity index (χ0) is 16.4. The summed E-state index contributed by atoms with van der Waals surface area (Å²) in [5, 5.41) is 10.9. The predicted molar refractivity (Wildman–Crippen MR) is 84.9 cm³/mol. The first-order chi connectivity index (χ1) is 9.47. The second-order valence-corrected chi connectivity index (χ2v) is 11.3. The number of hydrogen-bond acceptors (Lipinski definition) is 5. The summed E-state index contributed by atoms with van der Waals surface area (Å²) in [6, 6.07) is 1.37. The predicted octanol–water partition coefficient (Wildman–Crippen LogP) is 2.36. The highest BCUT2D eigenvalue weighted by Crippen LogP contribution is 2.36. The van der Waals surface area contributed by atoms with Crippen LogP contribution in [0.5, 0.6) is 0 Å². The minimum absolute atomic E-state index is 0.0745. The Morgan fingerprint density at radius 2 is 2.00 bits per heavy atom. The summed E-state index contributed by atoms with van der Waals surface area (Å²) >= 11 is 0. The van der Waals surface area contributed by atoms with Gasteiger partial charge in [-0.2, -0.15) is 0 Å². The number of aromatic nitrogens is 1. The summed E-state index contributed by atoms with van der Waals surface area (Å²) in [4.78, 5) is 22.1. The van der Waals surface area contributed by atoms with Gasteiger partial charge < -0.3 is 14.7 Å². The van der Waals surface area contributed by atoms with Gasteiger partial charge in [0.05, 0.1) is 11.5 Å². The zero-order valence-corrected chi connectivity index (χ0v) is 14.2. The van der Waals surface area contributed by atoms with E-state index in [-0.39, 0.29) is 17.3 Å². The first-order valence-corrected chi connectivity index (χ1v) is 9.65. The van der Waals surface area contributed by atoms with Crippen molar-refractivity contribution in [3.05, 3.63) is 32.7 Å². The second kappa shape index (κ2) is 5.98. The largest absolute Gasteiger partial charge is 0.415 e. The maximum atomic E-state index is 12.0. The van der Waals surface area contributed by atoms with Crippen LogP contribution in [0, 0.1) is 10.1 Å². The topological polar surface area (TPSA) is 100 Å². The lowest BCUT2D eigenvalue weighted by Crippen LogP contribution is -2.41. The lowest BCUT2D eigenvalue weighted by Gasteiger charge is -2.36. The third kappa shape index (κ3) is 3.91. The Morgan fingerprint density at radius 1 is 1.43 bits per heavy atom. The Morgan fingerprint density at radius 3 is 2.48 bits per heavy atom. The maximum Gasteiger partial charge on any atom is 0.356 e. The van der Waals surface area contributed by atoms with Crippen molar-refractivity contribution in [2.75, 3.05) is 12.3 Å². The van der Waals surface area contributed by atoms with E-state index in [4.69, 9.17) is 10.2 Å². The van der Waals surface area contributed by atoms with Gasteiger partial charge in [-0.3, -0.25) is 14.9 Å². The molecule has 0 saturated carbocycles. The molecule has 1 aromatic rings. The van der Waals surface area contributed by atoms with E-state index in [9.17, 15) is 14.9 Å². The Bertz CT molecular complexity index is 590. The molecule has 2 N–H and O–H groups in total. The van der Waals surface area contributed by atoms with Crippen molar-refractivity contribution < 1.29 is 9.35 Å². The quantitative estimate of drug-likeness (QED) is 0.511.